The van der Waals surface area contributed by atoms with Gasteiger partial charge in [0.1, 0.15) is 0 Å². The summed E-state index contributed by atoms with van der Waals surface area (Å²) < 4.78 is 0. The van der Waals surface area contributed by atoms with E-state index in [1.165, 1.54) is 44.9 Å². The molecule has 0 saturated heterocycles. The van der Waals surface area contributed by atoms with Crippen LogP contribution in [0, 0.1) is 46.3 Å². The molecule has 3 saturated carbocycles. The fraction of sp³-hybridized carbons (Fsp3) is 0.852. The van der Waals surface area contributed by atoms with Crippen LogP contribution >= 0.6 is 0 Å². The van der Waals surface area contributed by atoms with Gasteiger partial charge in [-0.2, -0.15) is 0 Å². The Morgan fingerprint density at radius 3 is 2.61 bits per heavy atom. The van der Waals surface area contributed by atoms with Gasteiger partial charge in [-0.3, -0.25) is 0 Å². The molecule has 4 aliphatic carbocycles. The molecule has 1 N–H and O–H groups in total. The molecule has 1 nitrogen and oxygen atoms in total. The predicted molar refractivity (Wildman–Crippen MR) is 119 cm³/mol. The maximum absolute atomic E-state index is 10.2. The fourth-order valence-corrected chi connectivity index (χ4v) is 8.35. The molecular weight excluding hydrogens is 340 g/mol. The minimum absolute atomic E-state index is 0.0830. The number of hydrogen-bond donors (Lipinski definition) is 1. The highest BCUT2D eigenvalue weighted by atomic mass is 16.3. The van der Waals surface area contributed by atoms with E-state index >= 15 is 0 Å². The average molecular weight is 385 g/mol. The molecule has 0 aliphatic heterocycles. The third-order valence-electron chi connectivity index (χ3n) is 9.87. The van der Waals surface area contributed by atoms with Gasteiger partial charge in [-0.25, -0.2) is 0 Å². The molecule has 3 fully saturated rings. The lowest BCUT2D eigenvalue weighted by Crippen LogP contribution is -2.50. The molecule has 0 aromatic rings. The Morgan fingerprint density at radius 2 is 1.86 bits per heavy atom. The molecule has 0 aromatic carbocycles. The van der Waals surface area contributed by atoms with Gasteiger partial charge in [0.2, 0.25) is 0 Å². The molecule has 0 amide bonds. The zero-order valence-electron chi connectivity index (χ0n) is 19.1. The summed E-state index contributed by atoms with van der Waals surface area (Å²) in [5.74, 6) is 5.08. The Bertz CT molecular complexity index is 630. The maximum Gasteiger partial charge on any atom is 0.0577 e. The van der Waals surface area contributed by atoms with E-state index in [0.29, 0.717) is 16.7 Å². The first kappa shape index (κ1) is 20.7. The molecule has 0 unspecified atom stereocenters. The molecule has 28 heavy (non-hydrogen) atoms. The highest BCUT2D eigenvalue weighted by Crippen LogP contribution is 2.67. The molecule has 0 spiro atoms. The topological polar surface area (TPSA) is 20.2 Å². The summed E-state index contributed by atoms with van der Waals surface area (Å²) in [5.41, 5.74) is 2.55. The molecule has 0 heterocycles. The number of aliphatic hydroxyl groups is 1. The highest BCUT2D eigenvalue weighted by molar-refractivity contribution is 5.25. The Hall–Kier alpha value is -0.560. The van der Waals surface area contributed by atoms with Crippen LogP contribution in [0.1, 0.15) is 92.4 Å². The van der Waals surface area contributed by atoms with Crippen LogP contribution in [0.2, 0.25) is 0 Å². The molecular formula is C27H44O. The first-order valence-corrected chi connectivity index (χ1v) is 12.3. The van der Waals surface area contributed by atoms with Crippen molar-refractivity contribution in [2.45, 2.75) is 98.5 Å². The van der Waals surface area contributed by atoms with Crippen LogP contribution in [0.15, 0.2) is 23.8 Å². The second-order valence-corrected chi connectivity index (χ2v) is 11.8. The molecule has 0 radical (unpaired) electrons. The molecule has 158 valence electrons. The van der Waals surface area contributed by atoms with E-state index in [1.807, 2.05) is 0 Å². The largest absolute Gasteiger partial charge is 0.393 e. The molecule has 0 aromatic heterocycles. The SMILES string of the molecule is CC(C)/C=C/C[C@@H](C)[C@H]1CC[C@H]2[C@@H]3CC=C4C[C@@H](O)CC[C@]4(C)[C@H]3CC[C@]12C. The zero-order valence-corrected chi connectivity index (χ0v) is 19.1. The number of aliphatic hydroxyl groups excluding tert-OH is 1. The third kappa shape index (κ3) is 3.34. The van der Waals surface area contributed by atoms with Crippen molar-refractivity contribution in [2.75, 3.05) is 0 Å². The van der Waals surface area contributed by atoms with Crippen LogP contribution in [-0.2, 0) is 0 Å². The van der Waals surface area contributed by atoms with E-state index in [4.69, 9.17) is 0 Å². The van der Waals surface area contributed by atoms with Crippen LogP contribution in [0.3, 0.4) is 0 Å². The average Bonchev–Trinajstić information content (AvgIpc) is 2.99. The van der Waals surface area contributed by atoms with E-state index < -0.39 is 0 Å². The Morgan fingerprint density at radius 1 is 1.07 bits per heavy atom. The molecule has 8 atom stereocenters. The summed E-state index contributed by atoms with van der Waals surface area (Å²) >= 11 is 0. The number of hydrogen-bond acceptors (Lipinski definition) is 1. The summed E-state index contributed by atoms with van der Waals surface area (Å²) in [4.78, 5) is 0. The summed E-state index contributed by atoms with van der Waals surface area (Å²) in [5, 5.41) is 10.2. The van der Waals surface area contributed by atoms with E-state index in [9.17, 15) is 5.11 Å². The first-order valence-electron chi connectivity index (χ1n) is 12.3. The van der Waals surface area contributed by atoms with Gasteiger partial charge < -0.3 is 5.11 Å². The summed E-state index contributed by atoms with van der Waals surface area (Å²) in [6.45, 7) is 12.3. The maximum atomic E-state index is 10.2. The van der Waals surface area contributed by atoms with Gasteiger partial charge >= 0.3 is 0 Å². The summed E-state index contributed by atoms with van der Waals surface area (Å²) in [6, 6.07) is 0. The van der Waals surface area contributed by atoms with Gasteiger partial charge in [-0.1, -0.05) is 58.4 Å². The fourth-order valence-electron chi connectivity index (χ4n) is 8.35. The van der Waals surface area contributed by atoms with Gasteiger partial charge in [0.25, 0.3) is 0 Å². The number of allylic oxidation sites excluding steroid dienone is 3. The smallest absolute Gasteiger partial charge is 0.0577 e. The van der Waals surface area contributed by atoms with Crippen LogP contribution in [-0.4, -0.2) is 11.2 Å². The molecule has 4 aliphatic rings. The van der Waals surface area contributed by atoms with Crippen molar-refractivity contribution in [2.24, 2.45) is 46.3 Å². The van der Waals surface area contributed by atoms with E-state index in [1.54, 1.807) is 5.57 Å². The van der Waals surface area contributed by atoms with Crippen LogP contribution in [0.25, 0.3) is 0 Å². The van der Waals surface area contributed by atoms with Crippen molar-refractivity contribution < 1.29 is 5.11 Å². The second kappa shape index (κ2) is 7.60. The molecule has 4 rings (SSSR count). The Labute approximate surface area is 174 Å². The second-order valence-electron chi connectivity index (χ2n) is 11.8. The van der Waals surface area contributed by atoms with Gasteiger partial charge in [-0.15, -0.1) is 0 Å². The lowest BCUT2D eigenvalue weighted by Gasteiger charge is -2.58. The number of rotatable bonds is 4. The standard InChI is InChI=1S/C27H44O/c1-18(2)7-6-8-19(3)23-11-12-24-22-10-9-20-17-21(28)13-15-26(20,4)25(22)14-16-27(23,24)5/h6-7,9,18-19,21-25,28H,8,10-17H2,1-5H3/b7-6+/t19-,21+,22+,23-,24+,25+,26+,27-/m1/s1. The van der Waals surface area contributed by atoms with Crippen LogP contribution < -0.4 is 0 Å². The van der Waals surface area contributed by atoms with Gasteiger partial charge in [-0.05, 0) is 104 Å². The van der Waals surface area contributed by atoms with Crippen molar-refractivity contribution in [3.05, 3.63) is 23.8 Å². The zero-order chi connectivity index (χ0) is 20.1. The van der Waals surface area contributed by atoms with Crippen LogP contribution in [0.5, 0.6) is 0 Å². The van der Waals surface area contributed by atoms with Gasteiger partial charge in [0.05, 0.1) is 6.10 Å². The third-order valence-corrected chi connectivity index (χ3v) is 9.87. The van der Waals surface area contributed by atoms with Gasteiger partial charge in [0.15, 0.2) is 0 Å². The van der Waals surface area contributed by atoms with Crippen LogP contribution in [0.4, 0.5) is 0 Å². The monoisotopic (exact) mass is 384 g/mol. The van der Waals surface area contributed by atoms with E-state index in [2.05, 4.69) is 52.8 Å². The molecule has 0 bridgehead atoms. The van der Waals surface area contributed by atoms with Crippen molar-refractivity contribution in [1.82, 2.24) is 0 Å². The summed E-state index contributed by atoms with van der Waals surface area (Å²) in [6.07, 6.45) is 18.9. The minimum Gasteiger partial charge on any atom is -0.393 e. The highest BCUT2D eigenvalue weighted by Gasteiger charge is 2.58. The van der Waals surface area contributed by atoms with Crippen molar-refractivity contribution in [3.8, 4) is 0 Å². The Kier molecular flexibility index (Phi) is 5.62. The Balaban J connectivity index is 1.52. The molecule has 1 heteroatoms. The first-order chi connectivity index (χ1) is 13.3. The van der Waals surface area contributed by atoms with E-state index in [-0.39, 0.29) is 6.10 Å². The predicted octanol–water partition coefficient (Wildman–Crippen LogP) is 7.16. The lowest BCUT2D eigenvalue weighted by molar-refractivity contribution is -0.0565. The lowest BCUT2D eigenvalue weighted by atomic mass is 9.47. The minimum atomic E-state index is -0.0830. The van der Waals surface area contributed by atoms with Crippen molar-refractivity contribution in [1.29, 1.82) is 0 Å². The summed E-state index contributed by atoms with van der Waals surface area (Å²) in [7, 11) is 0. The van der Waals surface area contributed by atoms with Crippen molar-refractivity contribution in [3.63, 3.8) is 0 Å². The number of fused-ring (bicyclic) bond motifs is 5. The normalized spacial score (nSPS) is 46.8. The quantitative estimate of drug-likeness (QED) is 0.510. The van der Waals surface area contributed by atoms with Gasteiger partial charge in [0, 0.05) is 0 Å². The van der Waals surface area contributed by atoms with Crippen molar-refractivity contribution >= 4 is 0 Å². The van der Waals surface area contributed by atoms with E-state index in [0.717, 1.165) is 42.4 Å².